The highest BCUT2D eigenvalue weighted by molar-refractivity contribution is 5.13. The summed E-state index contributed by atoms with van der Waals surface area (Å²) in [4.78, 5) is 0. The first-order chi connectivity index (χ1) is 7.93. The van der Waals surface area contributed by atoms with Crippen LogP contribution in [0.1, 0.15) is 24.8 Å². The molecular formula is C15H20O. The topological polar surface area (TPSA) is 9.23 Å². The number of ether oxygens (including phenoxy) is 1. The maximum atomic E-state index is 5.57. The van der Waals surface area contributed by atoms with E-state index in [4.69, 9.17) is 4.74 Å². The van der Waals surface area contributed by atoms with E-state index in [0.717, 1.165) is 32.5 Å². The molecule has 0 aliphatic carbocycles. The van der Waals surface area contributed by atoms with E-state index >= 15 is 0 Å². The minimum atomic E-state index is 0.719. The molecule has 0 fully saturated rings. The SMILES string of the molecule is C=CC/C=C\CCCOCc1ccccc1. The van der Waals surface area contributed by atoms with Crippen molar-refractivity contribution in [3.63, 3.8) is 0 Å². The molecule has 0 unspecified atom stereocenters. The van der Waals surface area contributed by atoms with Gasteiger partial charge in [0.2, 0.25) is 0 Å². The maximum Gasteiger partial charge on any atom is 0.0716 e. The second-order valence-electron chi connectivity index (χ2n) is 3.68. The molecule has 1 rings (SSSR count). The predicted molar refractivity (Wildman–Crippen MR) is 69.3 cm³/mol. The van der Waals surface area contributed by atoms with E-state index in [1.165, 1.54) is 5.56 Å². The Hall–Kier alpha value is -1.34. The van der Waals surface area contributed by atoms with Gasteiger partial charge in [-0.15, -0.1) is 6.58 Å². The molecule has 0 aliphatic rings. The van der Waals surface area contributed by atoms with E-state index in [9.17, 15) is 0 Å². The third-order valence-corrected chi connectivity index (χ3v) is 2.24. The lowest BCUT2D eigenvalue weighted by Gasteiger charge is -2.02. The Bertz CT molecular complexity index is 300. The summed E-state index contributed by atoms with van der Waals surface area (Å²) in [5, 5.41) is 0. The van der Waals surface area contributed by atoms with Crippen LogP contribution in [0.3, 0.4) is 0 Å². The average Bonchev–Trinajstić information content (AvgIpc) is 2.34. The van der Waals surface area contributed by atoms with Crippen LogP contribution in [0, 0.1) is 0 Å². The van der Waals surface area contributed by atoms with Gasteiger partial charge in [0.25, 0.3) is 0 Å². The van der Waals surface area contributed by atoms with Crippen LogP contribution in [0.5, 0.6) is 0 Å². The van der Waals surface area contributed by atoms with Crippen molar-refractivity contribution >= 4 is 0 Å². The Balaban J connectivity index is 1.98. The smallest absolute Gasteiger partial charge is 0.0716 e. The molecule has 0 bridgehead atoms. The number of hydrogen-bond donors (Lipinski definition) is 0. The van der Waals surface area contributed by atoms with Crippen LogP contribution in [-0.4, -0.2) is 6.61 Å². The zero-order valence-electron chi connectivity index (χ0n) is 9.77. The van der Waals surface area contributed by atoms with Gasteiger partial charge in [0, 0.05) is 6.61 Å². The fourth-order valence-corrected chi connectivity index (χ4v) is 1.38. The van der Waals surface area contributed by atoms with Crippen LogP contribution in [0.25, 0.3) is 0 Å². The quantitative estimate of drug-likeness (QED) is 0.469. The van der Waals surface area contributed by atoms with Crippen molar-refractivity contribution in [2.24, 2.45) is 0 Å². The van der Waals surface area contributed by atoms with Crippen molar-refractivity contribution in [1.82, 2.24) is 0 Å². The summed E-state index contributed by atoms with van der Waals surface area (Å²) in [6.07, 6.45) is 9.37. The van der Waals surface area contributed by atoms with Gasteiger partial charge in [-0.05, 0) is 24.8 Å². The van der Waals surface area contributed by atoms with Gasteiger partial charge in [-0.1, -0.05) is 48.6 Å². The van der Waals surface area contributed by atoms with Gasteiger partial charge >= 0.3 is 0 Å². The van der Waals surface area contributed by atoms with E-state index in [2.05, 4.69) is 30.9 Å². The molecule has 0 heterocycles. The van der Waals surface area contributed by atoms with E-state index in [1.54, 1.807) is 0 Å². The van der Waals surface area contributed by atoms with Gasteiger partial charge in [0.05, 0.1) is 6.61 Å². The number of benzene rings is 1. The summed E-state index contributed by atoms with van der Waals surface area (Å²) < 4.78 is 5.57. The Labute approximate surface area is 98.5 Å². The second-order valence-corrected chi connectivity index (χ2v) is 3.68. The molecule has 0 spiro atoms. The minimum absolute atomic E-state index is 0.719. The Morgan fingerprint density at radius 2 is 1.94 bits per heavy atom. The molecule has 0 radical (unpaired) electrons. The van der Waals surface area contributed by atoms with E-state index < -0.39 is 0 Å². The third-order valence-electron chi connectivity index (χ3n) is 2.24. The summed E-state index contributed by atoms with van der Waals surface area (Å²) >= 11 is 0. The normalized spacial score (nSPS) is 10.8. The van der Waals surface area contributed by atoms with E-state index in [1.807, 2.05) is 24.3 Å². The molecule has 0 aromatic heterocycles. The lowest BCUT2D eigenvalue weighted by molar-refractivity contribution is 0.119. The minimum Gasteiger partial charge on any atom is -0.377 e. The van der Waals surface area contributed by atoms with Crippen molar-refractivity contribution in [2.75, 3.05) is 6.61 Å². The zero-order valence-corrected chi connectivity index (χ0v) is 9.77. The standard InChI is InChI=1S/C15H20O/c1-2-3-4-5-6-10-13-16-14-15-11-8-7-9-12-15/h2,4-5,7-9,11-12H,1,3,6,10,13-14H2/b5-4-. The summed E-state index contributed by atoms with van der Waals surface area (Å²) in [6, 6.07) is 10.3. The number of rotatable bonds is 8. The molecule has 0 atom stereocenters. The fraction of sp³-hybridized carbons (Fsp3) is 0.333. The number of allylic oxidation sites excluding steroid dienone is 3. The highest BCUT2D eigenvalue weighted by atomic mass is 16.5. The molecule has 0 aliphatic heterocycles. The molecule has 1 aromatic carbocycles. The molecule has 1 nitrogen and oxygen atoms in total. The molecular weight excluding hydrogens is 196 g/mol. The lowest BCUT2D eigenvalue weighted by Crippen LogP contribution is -1.94. The first kappa shape index (κ1) is 12.7. The highest BCUT2D eigenvalue weighted by Gasteiger charge is 1.90. The maximum absolute atomic E-state index is 5.57. The van der Waals surface area contributed by atoms with Crippen molar-refractivity contribution in [1.29, 1.82) is 0 Å². The first-order valence-electron chi connectivity index (χ1n) is 5.81. The Morgan fingerprint density at radius 3 is 2.69 bits per heavy atom. The average molecular weight is 216 g/mol. The second kappa shape index (κ2) is 8.93. The monoisotopic (exact) mass is 216 g/mol. The van der Waals surface area contributed by atoms with Crippen LogP contribution in [0.4, 0.5) is 0 Å². The zero-order chi connectivity index (χ0) is 11.5. The molecule has 86 valence electrons. The van der Waals surface area contributed by atoms with Crippen LogP contribution in [-0.2, 0) is 11.3 Å². The van der Waals surface area contributed by atoms with E-state index in [-0.39, 0.29) is 0 Å². The van der Waals surface area contributed by atoms with E-state index in [0.29, 0.717) is 0 Å². The molecule has 16 heavy (non-hydrogen) atoms. The van der Waals surface area contributed by atoms with Crippen LogP contribution in [0.15, 0.2) is 55.1 Å². The van der Waals surface area contributed by atoms with Crippen LogP contribution in [0.2, 0.25) is 0 Å². The third kappa shape index (κ3) is 6.20. The Morgan fingerprint density at radius 1 is 1.12 bits per heavy atom. The summed E-state index contributed by atoms with van der Waals surface area (Å²) in [7, 11) is 0. The molecule has 0 N–H and O–H groups in total. The number of hydrogen-bond acceptors (Lipinski definition) is 1. The van der Waals surface area contributed by atoms with Gasteiger partial charge in [0.1, 0.15) is 0 Å². The largest absolute Gasteiger partial charge is 0.377 e. The van der Waals surface area contributed by atoms with Crippen molar-refractivity contribution < 1.29 is 4.74 Å². The lowest BCUT2D eigenvalue weighted by atomic mass is 10.2. The molecule has 0 amide bonds. The first-order valence-corrected chi connectivity index (χ1v) is 5.81. The summed E-state index contributed by atoms with van der Waals surface area (Å²) in [5.41, 5.74) is 1.24. The summed E-state index contributed by atoms with van der Waals surface area (Å²) in [5.74, 6) is 0. The molecule has 0 saturated carbocycles. The van der Waals surface area contributed by atoms with Crippen LogP contribution < -0.4 is 0 Å². The fourth-order valence-electron chi connectivity index (χ4n) is 1.38. The molecule has 0 saturated heterocycles. The van der Waals surface area contributed by atoms with Gasteiger partial charge in [0.15, 0.2) is 0 Å². The van der Waals surface area contributed by atoms with Gasteiger partial charge < -0.3 is 4.74 Å². The molecule has 1 aromatic rings. The van der Waals surface area contributed by atoms with Crippen molar-refractivity contribution in [2.45, 2.75) is 25.9 Å². The molecule has 1 heteroatoms. The van der Waals surface area contributed by atoms with Gasteiger partial charge in [-0.25, -0.2) is 0 Å². The van der Waals surface area contributed by atoms with Crippen LogP contribution >= 0.6 is 0 Å². The predicted octanol–water partition coefficient (Wildman–Crippen LogP) is 4.12. The van der Waals surface area contributed by atoms with Crippen molar-refractivity contribution in [3.8, 4) is 0 Å². The van der Waals surface area contributed by atoms with Gasteiger partial charge in [-0.2, -0.15) is 0 Å². The highest BCUT2D eigenvalue weighted by Crippen LogP contribution is 2.01. The Kier molecular flexibility index (Phi) is 7.10. The van der Waals surface area contributed by atoms with Crippen molar-refractivity contribution in [3.05, 3.63) is 60.7 Å². The summed E-state index contributed by atoms with van der Waals surface area (Å²) in [6.45, 7) is 5.21. The number of unbranched alkanes of at least 4 members (excludes halogenated alkanes) is 1. The van der Waals surface area contributed by atoms with Gasteiger partial charge in [-0.3, -0.25) is 0 Å².